The van der Waals surface area contributed by atoms with Crippen molar-refractivity contribution in [3.05, 3.63) is 52.1 Å². The molecule has 10 heteroatoms. The van der Waals surface area contributed by atoms with Gasteiger partial charge in [0.15, 0.2) is 11.5 Å². The second kappa shape index (κ2) is 7.75. The highest BCUT2D eigenvalue weighted by molar-refractivity contribution is 6.16. The molecule has 1 heterocycles. The molecule has 1 fully saturated rings. The molecule has 0 amide bonds. The number of aromatic hydroxyl groups is 3. The normalized spacial score (nSPS) is 30.0. The van der Waals surface area contributed by atoms with Crippen LogP contribution in [0, 0.1) is 0 Å². The SMILES string of the molecule is O=C1c2c(O)cc(CO)cc2C([C@H]2O[C@H](CO)[C@@H](O)[C@@H](O)[C@H]2O)c2ccc(O)c(O)c21. The lowest BCUT2D eigenvalue weighted by Crippen LogP contribution is -2.60. The van der Waals surface area contributed by atoms with Gasteiger partial charge in [-0.3, -0.25) is 4.79 Å². The molecule has 166 valence electrons. The summed E-state index contributed by atoms with van der Waals surface area (Å²) in [6.45, 7) is -1.14. The largest absolute Gasteiger partial charge is 0.507 e. The molecule has 2 aromatic rings. The number of hydrogen-bond acceptors (Lipinski definition) is 10. The summed E-state index contributed by atoms with van der Waals surface area (Å²) < 4.78 is 5.69. The van der Waals surface area contributed by atoms with Gasteiger partial charge >= 0.3 is 0 Å². The van der Waals surface area contributed by atoms with Gasteiger partial charge in [-0.05, 0) is 28.8 Å². The second-order valence-corrected chi connectivity index (χ2v) is 7.74. The molecule has 0 radical (unpaired) electrons. The van der Waals surface area contributed by atoms with E-state index in [-0.39, 0.29) is 27.8 Å². The monoisotopic (exact) mass is 434 g/mol. The molecule has 0 spiro atoms. The van der Waals surface area contributed by atoms with Crippen LogP contribution in [-0.2, 0) is 11.3 Å². The molecule has 6 atom stereocenters. The van der Waals surface area contributed by atoms with Crippen LogP contribution in [0.4, 0.5) is 0 Å². The van der Waals surface area contributed by atoms with E-state index in [2.05, 4.69) is 0 Å². The van der Waals surface area contributed by atoms with Gasteiger partial charge in [-0.15, -0.1) is 0 Å². The van der Waals surface area contributed by atoms with Crippen molar-refractivity contribution in [2.45, 2.75) is 43.0 Å². The van der Waals surface area contributed by atoms with Gasteiger partial charge in [0, 0.05) is 5.92 Å². The average molecular weight is 434 g/mol. The number of carbonyl (C=O) groups excluding carboxylic acids is 1. The van der Waals surface area contributed by atoms with E-state index in [1.165, 1.54) is 18.2 Å². The van der Waals surface area contributed by atoms with Gasteiger partial charge in [0.2, 0.25) is 5.78 Å². The van der Waals surface area contributed by atoms with Gasteiger partial charge in [-0.25, -0.2) is 0 Å². The van der Waals surface area contributed by atoms with Crippen LogP contribution in [0.3, 0.4) is 0 Å². The smallest absolute Gasteiger partial charge is 0.201 e. The van der Waals surface area contributed by atoms with Crippen molar-refractivity contribution >= 4 is 5.78 Å². The summed E-state index contributed by atoms with van der Waals surface area (Å²) in [6.07, 6.45) is -7.52. The van der Waals surface area contributed by atoms with E-state index < -0.39 is 72.7 Å². The molecule has 2 aliphatic rings. The first-order valence-electron chi connectivity index (χ1n) is 9.57. The average Bonchev–Trinajstić information content (AvgIpc) is 2.75. The third kappa shape index (κ3) is 3.16. The number of phenolic OH excluding ortho intramolecular Hbond substituents is 3. The van der Waals surface area contributed by atoms with E-state index in [1.54, 1.807) is 0 Å². The van der Waals surface area contributed by atoms with Crippen molar-refractivity contribution in [3.63, 3.8) is 0 Å². The first kappa shape index (κ1) is 21.5. The van der Waals surface area contributed by atoms with Gasteiger partial charge in [0.05, 0.1) is 30.4 Å². The standard InChI is InChI=1S/C21H22O10/c22-5-7-3-9-13(21-20(30)19(29)17(27)12(6-23)31-21)8-1-2-10(24)16(26)15(8)18(28)14(9)11(25)4-7/h1-4,12-13,17,19-27,29-30H,5-6H2/t12-,13?,17-,19-,20-,21-/m1/s1. The summed E-state index contributed by atoms with van der Waals surface area (Å²) >= 11 is 0. The summed E-state index contributed by atoms with van der Waals surface area (Å²) in [5, 5.41) is 80.9. The summed E-state index contributed by atoms with van der Waals surface area (Å²) in [5.74, 6) is -3.66. The Balaban J connectivity index is 1.98. The molecule has 0 aromatic heterocycles. The summed E-state index contributed by atoms with van der Waals surface area (Å²) in [4.78, 5) is 13.1. The molecule has 0 saturated carbocycles. The van der Waals surface area contributed by atoms with Crippen LogP contribution in [0.25, 0.3) is 0 Å². The molecule has 4 rings (SSSR count). The number of aliphatic hydroxyl groups is 5. The first-order chi connectivity index (χ1) is 14.7. The number of phenols is 3. The Bertz CT molecular complexity index is 1030. The van der Waals surface area contributed by atoms with Crippen LogP contribution in [0.15, 0.2) is 24.3 Å². The Morgan fingerprint density at radius 3 is 2.19 bits per heavy atom. The number of fused-ring (bicyclic) bond motifs is 2. The highest BCUT2D eigenvalue weighted by atomic mass is 16.5. The quantitative estimate of drug-likeness (QED) is 0.273. The summed E-state index contributed by atoms with van der Waals surface area (Å²) in [6, 6.07) is 5.07. The Hall–Kier alpha value is -2.73. The van der Waals surface area contributed by atoms with Crippen LogP contribution >= 0.6 is 0 Å². The van der Waals surface area contributed by atoms with Gasteiger partial charge < -0.3 is 45.6 Å². The van der Waals surface area contributed by atoms with E-state index >= 15 is 0 Å². The lowest BCUT2D eigenvalue weighted by atomic mass is 9.71. The molecule has 1 unspecified atom stereocenters. The zero-order valence-electron chi connectivity index (χ0n) is 16.1. The van der Waals surface area contributed by atoms with E-state index in [9.17, 15) is 45.6 Å². The summed E-state index contributed by atoms with van der Waals surface area (Å²) in [7, 11) is 0. The number of aliphatic hydroxyl groups excluding tert-OH is 5. The minimum atomic E-state index is -1.69. The third-order valence-corrected chi connectivity index (χ3v) is 5.96. The van der Waals surface area contributed by atoms with Crippen molar-refractivity contribution in [2.75, 3.05) is 6.61 Å². The Labute approximate surface area is 175 Å². The predicted molar refractivity (Wildman–Crippen MR) is 103 cm³/mol. The molecule has 31 heavy (non-hydrogen) atoms. The van der Waals surface area contributed by atoms with Crippen LogP contribution in [0.5, 0.6) is 17.2 Å². The Morgan fingerprint density at radius 2 is 1.55 bits per heavy atom. The van der Waals surface area contributed by atoms with Crippen molar-refractivity contribution in [1.29, 1.82) is 0 Å². The van der Waals surface area contributed by atoms with E-state index in [1.807, 2.05) is 0 Å². The molecule has 10 nitrogen and oxygen atoms in total. The molecule has 1 aliphatic carbocycles. The molecule has 2 aromatic carbocycles. The third-order valence-electron chi connectivity index (χ3n) is 5.96. The van der Waals surface area contributed by atoms with E-state index in [0.29, 0.717) is 0 Å². The van der Waals surface area contributed by atoms with Crippen LogP contribution in [-0.4, -0.2) is 83.8 Å². The van der Waals surface area contributed by atoms with Gasteiger partial charge in [0.1, 0.15) is 30.2 Å². The fourth-order valence-electron chi connectivity index (χ4n) is 4.44. The summed E-state index contributed by atoms with van der Waals surface area (Å²) in [5.41, 5.74) is -0.0123. The second-order valence-electron chi connectivity index (χ2n) is 7.74. The van der Waals surface area contributed by atoms with Crippen molar-refractivity contribution < 1.29 is 50.4 Å². The van der Waals surface area contributed by atoms with Crippen LogP contribution in [0.2, 0.25) is 0 Å². The number of ketones is 1. The van der Waals surface area contributed by atoms with Crippen LogP contribution < -0.4 is 0 Å². The maximum atomic E-state index is 13.1. The van der Waals surface area contributed by atoms with Gasteiger partial charge in [-0.1, -0.05) is 12.1 Å². The minimum Gasteiger partial charge on any atom is -0.507 e. The number of carbonyl (C=O) groups is 1. The zero-order chi connectivity index (χ0) is 22.6. The maximum Gasteiger partial charge on any atom is 0.201 e. The highest BCUT2D eigenvalue weighted by Crippen LogP contribution is 2.49. The van der Waals surface area contributed by atoms with E-state index in [4.69, 9.17) is 4.74 Å². The zero-order valence-corrected chi connectivity index (χ0v) is 16.1. The highest BCUT2D eigenvalue weighted by Gasteiger charge is 2.50. The first-order valence-corrected chi connectivity index (χ1v) is 9.57. The Morgan fingerprint density at radius 1 is 0.839 bits per heavy atom. The van der Waals surface area contributed by atoms with Crippen molar-refractivity contribution in [1.82, 2.24) is 0 Å². The van der Waals surface area contributed by atoms with Gasteiger partial charge in [-0.2, -0.15) is 0 Å². The molecule has 8 N–H and O–H groups in total. The van der Waals surface area contributed by atoms with Crippen molar-refractivity contribution in [2.24, 2.45) is 0 Å². The number of hydrogen-bond donors (Lipinski definition) is 8. The van der Waals surface area contributed by atoms with Gasteiger partial charge in [0.25, 0.3) is 0 Å². The molecule has 0 bridgehead atoms. The van der Waals surface area contributed by atoms with Crippen LogP contribution in [0.1, 0.15) is 38.5 Å². The number of rotatable bonds is 3. The maximum absolute atomic E-state index is 13.1. The van der Waals surface area contributed by atoms with Crippen molar-refractivity contribution in [3.8, 4) is 17.2 Å². The molecule has 1 aliphatic heterocycles. The molecule has 1 saturated heterocycles. The number of benzene rings is 2. The lowest BCUT2D eigenvalue weighted by Gasteiger charge is -2.45. The topological polar surface area (TPSA) is 188 Å². The predicted octanol–water partition coefficient (Wildman–Crippen LogP) is -1.19. The fourth-order valence-corrected chi connectivity index (χ4v) is 4.44. The fraction of sp³-hybridized carbons (Fsp3) is 0.381. The number of ether oxygens (including phenoxy) is 1. The molecular weight excluding hydrogens is 412 g/mol. The molecular formula is C21H22O10. The van der Waals surface area contributed by atoms with E-state index in [0.717, 1.165) is 6.07 Å². The lowest BCUT2D eigenvalue weighted by molar-refractivity contribution is -0.232. The Kier molecular flexibility index (Phi) is 5.38. The minimum absolute atomic E-state index is 0.131.